The summed E-state index contributed by atoms with van der Waals surface area (Å²) in [5.41, 5.74) is 7.80. The number of aliphatic hydroxyl groups is 1. The SMILES string of the molecule is CCC(C)C(NC(=O)C(C)NC(=O)C(CCC(=O)O)NC(=O)C1CCCN1C(=O)C(C)NC(=O)C(NC(=O)C(N)Cc1c[nH]c2ccccc12)C(C)O)C(=O)O. The fourth-order valence-electron chi connectivity index (χ4n) is 6.36. The van der Waals surface area contributed by atoms with Gasteiger partial charge < -0.3 is 57.5 Å². The normalized spacial score (nSPS) is 18.3. The average molecular weight is 787 g/mol. The Hall–Kier alpha value is -5.56. The maximum Gasteiger partial charge on any atom is 0.326 e. The summed E-state index contributed by atoms with van der Waals surface area (Å²) in [6, 6.07) is -1.36. The first-order valence-electron chi connectivity index (χ1n) is 18.6. The van der Waals surface area contributed by atoms with Crippen molar-refractivity contribution in [1.29, 1.82) is 0 Å². The van der Waals surface area contributed by atoms with Gasteiger partial charge in [0.25, 0.3) is 0 Å². The summed E-state index contributed by atoms with van der Waals surface area (Å²) in [6.07, 6.45) is 0.611. The molecule has 11 N–H and O–H groups in total. The number of aliphatic hydroxyl groups excluding tert-OH is 1. The Kier molecular flexibility index (Phi) is 16.3. The number of para-hydroxylation sites is 1. The molecule has 19 nitrogen and oxygen atoms in total. The Labute approximate surface area is 323 Å². The molecule has 0 bridgehead atoms. The van der Waals surface area contributed by atoms with Gasteiger partial charge in [-0.2, -0.15) is 0 Å². The fraction of sp³-hybridized carbons (Fsp3) is 0.568. The summed E-state index contributed by atoms with van der Waals surface area (Å²) < 4.78 is 0. The van der Waals surface area contributed by atoms with E-state index in [1.165, 1.54) is 25.7 Å². The molecule has 9 atom stereocenters. The first-order valence-corrected chi connectivity index (χ1v) is 18.6. The Balaban J connectivity index is 1.63. The van der Waals surface area contributed by atoms with E-state index < -0.39 is 108 Å². The largest absolute Gasteiger partial charge is 0.481 e. The molecular weight excluding hydrogens is 732 g/mol. The molecule has 56 heavy (non-hydrogen) atoms. The minimum absolute atomic E-state index is 0.112. The van der Waals surface area contributed by atoms with Crippen LogP contribution in [0.1, 0.15) is 72.3 Å². The van der Waals surface area contributed by atoms with Crippen LogP contribution in [0.2, 0.25) is 0 Å². The van der Waals surface area contributed by atoms with E-state index in [-0.39, 0.29) is 25.8 Å². The molecule has 9 unspecified atom stereocenters. The molecule has 1 aromatic heterocycles. The van der Waals surface area contributed by atoms with Gasteiger partial charge in [-0.15, -0.1) is 0 Å². The number of hydrogen-bond acceptors (Lipinski definition) is 10. The van der Waals surface area contributed by atoms with Gasteiger partial charge in [-0.1, -0.05) is 38.5 Å². The average Bonchev–Trinajstić information content (AvgIpc) is 3.81. The van der Waals surface area contributed by atoms with Gasteiger partial charge in [-0.05, 0) is 64.0 Å². The molecule has 19 heteroatoms. The van der Waals surface area contributed by atoms with Crippen molar-refractivity contribution in [3.8, 4) is 0 Å². The highest BCUT2D eigenvalue weighted by Crippen LogP contribution is 2.20. The summed E-state index contributed by atoms with van der Waals surface area (Å²) in [5, 5.41) is 42.2. The second kappa shape index (κ2) is 20.4. The highest BCUT2D eigenvalue weighted by atomic mass is 16.4. The summed E-state index contributed by atoms with van der Waals surface area (Å²) in [7, 11) is 0. The smallest absolute Gasteiger partial charge is 0.326 e. The minimum atomic E-state index is -1.48. The maximum atomic E-state index is 13.6. The fourth-order valence-corrected chi connectivity index (χ4v) is 6.36. The number of carbonyl (C=O) groups excluding carboxylic acids is 6. The van der Waals surface area contributed by atoms with Gasteiger partial charge in [-0.25, -0.2) is 4.79 Å². The summed E-state index contributed by atoms with van der Waals surface area (Å²) >= 11 is 0. The van der Waals surface area contributed by atoms with Crippen molar-refractivity contribution in [1.82, 2.24) is 36.5 Å². The van der Waals surface area contributed by atoms with Crippen LogP contribution in [0.15, 0.2) is 30.5 Å². The number of H-pyrrole nitrogens is 1. The summed E-state index contributed by atoms with van der Waals surface area (Å²) in [6.45, 7) is 7.46. The number of carboxylic acid groups (broad SMARTS) is 2. The van der Waals surface area contributed by atoms with Crippen LogP contribution >= 0.6 is 0 Å². The molecule has 3 rings (SSSR count). The van der Waals surface area contributed by atoms with E-state index in [0.717, 1.165) is 16.5 Å². The van der Waals surface area contributed by atoms with E-state index in [0.29, 0.717) is 12.8 Å². The lowest BCUT2D eigenvalue weighted by molar-refractivity contribution is -0.144. The second-order valence-electron chi connectivity index (χ2n) is 14.3. The number of aromatic amines is 1. The molecule has 0 aliphatic carbocycles. The van der Waals surface area contributed by atoms with Gasteiger partial charge in [0, 0.05) is 30.1 Å². The molecule has 1 aliphatic rings. The summed E-state index contributed by atoms with van der Waals surface area (Å²) in [4.78, 5) is 107. The van der Waals surface area contributed by atoms with Crippen LogP contribution in [0, 0.1) is 5.92 Å². The van der Waals surface area contributed by atoms with E-state index in [1.54, 1.807) is 20.0 Å². The van der Waals surface area contributed by atoms with Gasteiger partial charge in [0.05, 0.1) is 12.1 Å². The zero-order valence-electron chi connectivity index (χ0n) is 32.2. The lowest BCUT2D eigenvalue weighted by Crippen LogP contribution is -2.60. The quantitative estimate of drug-likeness (QED) is 0.0763. The van der Waals surface area contributed by atoms with Crippen LogP contribution in [0.4, 0.5) is 0 Å². The molecular formula is C37H54N8O11. The third-order valence-electron chi connectivity index (χ3n) is 9.89. The van der Waals surface area contributed by atoms with Gasteiger partial charge in [0.1, 0.15) is 36.3 Å². The number of aliphatic carboxylic acids is 2. The first kappa shape index (κ1) is 44.8. The third-order valence-corrected chi connectivity index (χ3v) is 9.89. The van der Waals surface area contributed by atoms with Gasteiger partial charge in [-0.3, -0.25) is 33.6 Å². The van der Waals surface area contributed by atoms with E-state index in [2.05, 4.69) is 31.6 Å². The minimum Gasteiger partial charge on any atom is -0.481 e. The predicted octanol–water partition coefficient (Wildman–Crippen LogP) is -1.13. The Morgan fingerprint density at radius 2 is 1.50 bits per heavy atom. The number of aromatic nitrogens is 1. The second-order valence-corrected chi connectivity index (χ2v) is 14.3. The van der Waals surface area contributed by atoms with Crippen LogP contribution in [-0.4, -0.2) is 128 Å². The lowest BCUT2D eigenvalue weighted by atomic mass is 9.99. The van der Waals surface area contributed by atoms with Crippen LogP contribution < -0.4 is 32.3 Å². The molecule has 1 aromatic carbocycles. The predicted molar refractivity (Wildman–Crippen MR) is 201 cm³/mol. The number of benzene rings is 1. The Bertz CT molecular complexity index is 1760. The van der Waals surface area contributed by atoms with Crippen LogP contribution in [0.3, 0.4) is 0 Å². The molecule has 1 saturated heterocycles. The number of rotatable bonds is 20. The molecule has 2 heterocycles. The van der Waals surface area contributed by atoms with Crippen molar-refractivity contribution in [3.05, 3.63) is 36.0 Å². The number of nitrogens with two attached hydrogens (primary N) is 1. The molecule has 0 radical (unpaired) electrons. The van der Waals surface area contributed by atoms with E-state index in [4.69, 9.17) is 5.73 Å². The molecule has 6 amide bonds. The van der Waals surface area contributed by atoms with Crippen molar-refractivity contribution >= 4 is 58.3 Å². The number of nitrogens with one attached hydrogen (secondary N) is 6. The number of likely N-dealkylation sites (tertiary alicyclic amines) is 1. The van der Waals surface area contributed by atoms with Crippen molar-refractivity contribution in [2.45, 2.75) is 122 Å². The van der Waals surface area contributed by atoms with Crippen molar-refractivity contribution in [2.75, 3.05) is 6.54 Å². The third kappa shape index (κ3) is 12.0. The molecule has 2 aromatic rings. The van der Waals surface area contributed by atoms with E-state index >= 15 is 0 Å². The molecule has 0 spiro atoms. The van der Waals surface area contributed by atoms with Crippen molar-refractivity contribution < 1.29 is 53.7 Å². The molecule has 1 fully saturated rings. The standard InChI is InChI=1S/C37H54N8O11/c1-6-18(2)29(37(55)56)43-31(49)19(3)40-33(51)26(13-14-28(47)48)42-34(52)27-12-9-15-45(27)36(54)20(4)41-35(53)30(21(5)46)44-32(50)24(38)16-22-17-39-25-11-8-7-10-23(22)25/h7-8,10-11,17-21,24,26-27,29-30,39,46H,6,9,12-16,38H2,1-5H3,(H,40,51)(H,41,53)(H,42,52)(H,43,49)(H,44,50)(H,47,48)(H,55,56). The Morgan fingerprint density at radius 1 is 0.857 bits per heavy atom. The van der Waals surface area contributed by atoms with Gasteiger partial charge in [0.2, 0.25) is 35.4 Å². The van der Waals surface area contributed by atoms with Crippen LogP contribution in [0.25, 0.3) is 10.9 Å². The number of fused-ring (bicyclic) bond motifs is 1. The number of carboxylic acids is 2. The van der Waals surface area contributed by atoms with Gasteiger partial charge >= 0.3 is 11.9 Å². The van der Waals surface area contributed by atoms with Crippen LogP contribution in [-0.2, 0) is 44.8 Å². The van der Waals surface area contributed by atoms with E-state index in [1.807, 2.05) is 24.3 Å². The number of nitrogens with zero attached hydrogens (tertiary/aromatic N) is 1. The Morgan fingerprint density at radius 3 is 2.12 bits per heavy atom. The number of amides is 6. The molecule has 308 valence electrons. The molecule has 1 aliphatic heterocycles. The van der Waals surface area contributed by atoms with Gasteiger partial charge in [0.15, 0.2) is 0 Å². The zero-order valence-corrected chi connectivity index (χ0v) is 32.2. The van der Waals surface area contributed by atoms with E-state index in [9.17, 15) is 53.7 Å². The zero-order chi connectivity index (χ0) is 41.9. The van der Waals surface area contributed by atoms with Crippen LogP contribution in [0.5, 0.6) is 0 Å². The number of hydrogen-bond donors (Lipinski definition) is 10. The van der Waals surface area contributed by atoms with Crippen molar-refractivity contribution in [2.24, 2.45) is 11.7 Å². The summed E-state index contributed by atoms with van der Waals surface area (Å²) in [5.74, 6) is -7.67. The highest BCUT2D eigenvalue weighted by Gasteiger charge is 2.39. The number of carbonyl (C=O) groups is 8. The maximum absolute atomic E-state index is 13.6. The topological polar surface area (TPSA) is 302 Å². The molecule has 0 saturated carbocycles. The highest BCUT2D eigenvalue weighted by molar-refractivity contribution is 5.97. The lowest BCUT2D eigenvalue weighted by Gasteiger charge is -2.30. The first-order chi connectivity index (χ1) is 26.4. The van der Waals surface area contributed by atoms with Crippen molar-refractivity contribution in [3.63, 3.8) is 0 Å². The monoisotopic (exact) mass is 786 g/mol.